The Morgan fingerprint density at radius 1 is 1.54 bits per heavy atom. The number of rotatable bonds is 1. The largest absolute Gasteiger partial charge is 0.616 e. The van der Waals surface area contributed by atoms with E-state index in [4.69, 9.17) is 23.2 Å². The van der Waals surface area contributed by atoms with E-state index in [9.17, 15) is 19.7 Å². The van der Waals surface area contributed by atoms with Crippen LogP contribution in [0.15, 0.2) is 6.07 Å². The van der Waals surface area contributed by atoms with Gasteiger partial charge in [0.05, 0.1) is 4.92 Å². The molecule has 0 aliphatic rings. The molecule has 0 saturated heterocycles. The van der Waals surface area contributed by atoms with Crippen LogP contribution < -0.4 is 4.73 Å². The Morgan fingerprint density at radius 2 is 2.08 bits per heavy atom. The van der Waals surface area contributed by atoms with Crippen LogP contribution in [-0.4, -0.2) is 4.92 Å². The fraction of sp³-hybridized carbons (Fsp3) is 0. The zero-order valence-corrected chi connectivity index (χ0v) is 7.34. The van der Waals surface area contributed by atoms with Gasteiger partial charge in [-0.05, 0) is 23.2 Å². The first kappa shape index (κ1) is 9.94. The molecule has 0 radical (unpaired) electrons. The average molecular weight is 227 g/mol. The Morgan fingerprint density at radius 3 is 2.54 bits per heavy atom. The van der Waals surface area contributed by atoms with E-state index in [1.165, 1.54) is 0 Å². The first-order valence-electron chi connectivity index (χ1n) is 2.86. The van der Waals surface area contributed by atoms with Crippen LogP contribution in [-0.2, 0) is 0 Å². The predicted molar refractivity (Wildman–Crippen MR) is 42.0 cm³/mol. The molecule has 0 unspecified atom stereocenters. The molecule has 0 fully saturated rings. The number of hydrogen-bond acceptors (Lipinski definition) is 3. The lowest BCUT2D eigenvalue weighted by Gasteiger charge is -2.00. The lowest BCUT2D eigenvalue weighted by Crippen LogP contribution is -2.30. The normalized spacial score (nSPS) is 10.1. The maximum Gasteiger partial charge on any atom is 0.331 e. The molecule has 1 aromatic heterocycles. The van der Waals surface area contributed by atoms with Gasteiger partial charge in [0.25, 0.3) is 11.0 Å². The molecule has 0 saturated carbocycles. The fourth-order valence-corrected chi connectivity index (χ4v) is 1.08. The third-order valence-corrected chi connectivity index (χ3v) is 1.81. The van der Waals surface area contributed by atoms with E-state index in [2.05, 4.69) is 0 Å². The van der Waals surface area contributed by atoms with Gasteiger partial charge in [0.2, 0.25) is 0 Å². The van der Waals surface area contributed by atoms with Gasteiger partial charge in [0.15, 0.2) is 0 Å². The number of hydrogen-bond donors (Lipinski definition) is 0. The second-order valence-corrected chi connectivity index (χ2v) is 2.75. The summed E-state index contributed by atoms with van der Waals surface area (Å²) in [6, 6.07) is 0.593. The fourth-order valence-electron chi connectivity index (χ4n) is 0.656. The molecular formula is C5HCl2FN2O3. The molecule has 0 N–H and O–H groups in total. The van der Waals surface area contributed by atoms with Crippen LogP contribution in [0.25, 0.3) is 0 Å². The lowest BCUT2D eigenvalue weighted by atomic mass is 10.4. The summed E-state index contributed by atoms with van der Waals surface area (Å²) >= 11 is 10.3. The second kappa shape index (κ2) is 3.31. The van der Waals surface area contributed by atoms with Crippen molar-refractivity contribution >= 4 is 28.9 Å². The van der Waals surface area contributed by atoms with Crippen molar-refractivity contribution in [2.75, 3.05) is 0 Å². The number of nitrogens with zero attached hydrogens (tertiary/aromatic N) is 2. The number of aromatic nitrogens is 1. The summed E-state index contributed by atoms with van der Waals surface area (Å²) in [4.78, 5) is 9.15. The third kappa shape index (κ3) is 1.63. The van der Waals surface area contributed by atoms with Crippen LogP contribution in [0.1, 0.15) is 0 Å². The minimum Gasteiger partial charge on any atom is -0.616 e. The van der Waals surface area contributed by atoms with Crippen molar-refractivity contribution < 1.29 is 14.0 Å². The van der Waals surface area contributed by atoms with E-state index in [1.807, 2.05) is 0 Å². The summed E-state index contributed by atoms with van der Waals surface area (Å²) < 4.78 is 12.7. The van der Waals surface area contributed by atoms with E-state index < -0.39 is 26.7 Å². The molecule has 0 aliphatic heterocycles. The highest BCUT2D eigenvalue weighted by atomic mass is 35.5. The Bertz CT molecular complexity index is 385. The molecule has 5 nitrogen and oxygen atoms in total. The molecule has 0 atom stereocenters. The van der Waals surface area contributed by atoms with E-state index in [0.717, 1.165) is 0 Å². The highest BCUT2D eigenvalue weighted by molar-refractivity contribution is 6.31. The number of halogens is 3. The molecule has 0 amide bonds. The monoisotopic (exact) mass is 226 g/mol. The molecule has 0 spiro atoms. The maximum atomic E-state index is 12.8. The van der Waals surface area contributed by atoms with Crippen molar-refractivity contribution in [3.63, 3.8) is 0 Å². The topological polar surface area (TPSA) is 70.1 Å². The Balaban J connectivity index is 3.50. The Kier molecular flexibility index (Phi) is 2.53. The first-order valence-corrected chi connectivity index (χ1v) is 3.62. The van der Waals surface area contributed by atoms with Crippen LogP contribution in [0.4, 0.5) is 10.1 Å². The second-order valence-electron chi connectivity index (χ2n) is 2.01. The van der Waals surface area contributed by atoms with Crippen LogP contribution in [0, 0.1) is 21.1 Å². The van der Waals surface area contributed by atoms with Gasteiger partial charge in [0, 0.05) is 0 Å². The van der Waals surface area contributed by atoms with Gasteiger partial charge in [-0.2, -0.15) is 4.39 Å². The van der Waals surface area contributed by atoms with E-state index >= 15 is 0 Å². The molecule has 0 aromatic carbocycles. The first-order chi connectivity index (χ1) is 5.95. The predicted octanol–water partition coefficient (Wildman–Crippen LogP) is 1.67. The number of nitro groups is 1. The van der Waals surface area contributed by atoms with Gasteiger partial charge in [0.1, 0.15) is 6.07 Å². The zero-order chi connectivity index (χ0) is 10.2. The lowest BCUT2D eigenvalue weighted by molar-refractivity contribution is -0.603. The molecule has 0 bridgehead atoms. The van der Waals surface area contributed by atoms with Gasteiger partial charge >= 0.3 is 10.8 Å². The summed E-state index contributed by atoms with van der Waals surface area (Å²) in [5, 5.41) is 19.4. The summed E-state index contributed by atoms with van der Waals surface area (Å²) in [6.07, 6.45) is 0. The summed E-state index contributed by atoms with van der Waals surface area (Å²) in [7, 11) is 0. The summed E-state index contributed by atoms with van der Waals surface area (Å²) in [5.41, 5.74) is -0.929. The highest BCUT2D eigenvalue weighted by Crippen LogP contribution is 2.24. The van der Waals surface area contributed by atoms with E-state index in [1.54, 1.807) is 0 Å². The zero-order valence-electron chi connectivity index (χ0n) is 5.83. The van der Waals surface area contributed by atoms with Gasteiger partial charge < -0.3 is 5.21 Å². The van der Waals surface area contributed by atoms with Gasteiger partial charge in [-0.1, -0.05) is 0 Å². The van der Waals surface area contributed by atoms with Crippen LogP contribution in [0.3, 0.4) is 0 Å². The smallest absolute Gasteiger partial charge is 0.331 e. The van der Waals surface area contributed by atoms with Crippen molar-refractivity contribution in [1.29, 1.82) is 0 Å². The van der Waals surface area contributed by atoms with Gasteiger partial charge in [-0.15, -0.1) is 4.73 Å². The van der Waals surface area contributed by atoms with Crippen molar-refractivity contribution in [2.45, 2.75) is 0 Å². The quantitative estimate of drug-likeness (QED) is 0.241. The Labute approximate surface area is 81.0 Å². The number of pyridine rings is 1. The SMILES string of the molecule is O=[N+]([O-])c1cc(Cl)[n+]([O-])c(Cl)c1F. The molecule has 8 heteroatoms. The molecule has 1 heterocycles. The molecule has 70 valence electrons. The van der Waals surface area contributed by atoms with Crippen LogP contribution in [0.5, 0.6) is 0 Å². The van der Waals surface area contributed by atoms with Crippen molar-refractivity contribution in [3.05, 3.63) is 37.5 Å². The standard InChI is InChI=1S/C5HCl2FN2O3/c6-3-1-2(10(12)13)4(8)5(7)9(3)11/h1H. The summed E-state index contributed by atoms with van der Waals surface area (Å²) in [5.74, 6) is -1.40. The molecule has 13 heavy (non-hydrogen) atoms. The van der Waals surface area contributed by atoms with Crippen LogP contribution in [0.2, 0.25) is 10.3 Å². The third-order valence-electron chi connectivity index (χ3n) is 1.23. The molecular weight excluding hydrogens is 226 g/mol. The molecule has 0 aliphatic carbocycles. The average Bonchev–Trinajstić information content (AvgIpc) is 2.07. The van der Waals surface area contributed by atoms with Crippen molar-refractivity contribution in [2.24, 2.45) is 0 Å². The minimum absolute atomic E-state index is 0.147. The minimum atomic E-state index is -1.40. The van der Waals surface area contributed by atoms with Crippen LogP contribution >= 0.6 is 23.2 Å². The Hall–Kier alpha value is -1.14. The van der Waals surface area contributed by atoms with E-state index in [-0.39, 0.29) is 4.73 Å². The van der Waals surface area contributed by atoms with Crippen molar-refractivity contribution in [1.82, 2.24) is 0 Å². The van der Waals surface area contributed by atoms with Gasteiger partial charge in [-0.3, -0.25) is 10.1 Å². The van der Waals surface area contributed by atoms with E-state index in [0.29, 0.717) is 6.07 Å². The molecule has 1 aromatic rings. The van der Waals surface area contributed by atoms with Gasteiger partial charge in [-0.25, -0.2) is 0 Å². The summed E-state index contributed by atoms with van der Waals surface area (Å²) in [6.45, 7) is 0. The maximum absolute atomic E-state index is 12.8. The van der Waals surface area contributed by atoms with Crippen molar-refractivity contribution in [3.8, 4) is 0 Å². The highest BCUT2D eigenvalue weighted by Gasteiger charge is 2.27. The molecule has 1 rings (SSSR count).